The highest BCUT2D eigenvalue weighted by atomic mass is 35.5. The lowest BCUT2D eigenvalue weighted by atomic mass is 9.76. The van der Waals surface area contributed by atoms with E-state index >= 15 is 0 Å². The van der Waals surface area contributed by atoms with E-state index in [1.165, 1.54) is 6.07 Å². The van der Waals surface area contributed by atoms with Gasteiger partial charge in [-0.15, -0.1) is 0 Å². The molecule has 0 bridgehead atoms. The van der Waals surface area contributed by atoms with E-state index in [0.29, 0.717) is 16.5 Å². The number of hydrogen-bond acceptors (Lipinski definition) is 2. The van der Waals surface area contributed by atoms with Crippen molar-refractivity contribution in [1.29, 1.82) is 0 Å². The third-order valence-corrected chi connectivity index (χ3v) is 5.89. The molecule has 1 heterocycles. The maximum absolute atomic E-state index is 12.9. The molecule has 1 atom stereocenters. The van der Waals surface area contributed by atoms with Gasteiger partial charge in [0, 0.05) is 28.2 Å². The topological polar surface area (TPSA) is 42.0 Å². The Balaban J connectivity index is 1.58. The number of pyridine rings is 1. The number of aromatic nitrogens is 1. The summed E-state index contributed by atoms with van der Waals surface area (Å²) < 4.78 is 25.8. The first-order valence-corrected chi connectivity index (χ1v) is 10.2. The van der Waals surface area contributed by atoms with Crippen molar-refractivity contribution < 1.29 is 13.6 Å². The Morgan fingerprint density at radius 3 is 2.43 bits per heavy atom. The van der Waals surface area contributed by atoms with Crippen LogP contribution in [0.2, 0.25) is 5.02 Å². The van der Waals surface area contributed by atoms with Crippen LogP contribution in [0.5, 0.6) is 0 Å². The molecule has 0 radical (unpaired) electrons. The lowest BCUT2D eigenvalue weighted by molar-refractivity contribution is 0.0909. The van der Waals surface area contributed by atoms with Crippen LogP contribution in [0, 0.1) is 5.92 Å². The second kappa shape index (κ2) is 9.46. The first kappa shape index (κ1) is 20.7. The largest absolute Gasteiger partial charge is 0.349 e. The van der Waals surface area contributed by atoms with Gasteiger partial charge in [-0.3, -0.25) is 9.78 Å². The van der Waals surface area contributed by atoms with Crippen molar-refractivity contribution in [3.05, 3.63) is 64.4 Å². The molecule has 0 aliphatic heterocycles. The number of nitrogens with one attached hydrogen (secondary N) is 1. The Morgan fingerprint density at radius 2 is 1.82 bits per heavy atom. The highest BCUT2D eigenvalue weighted by Gasteiger charge is 2.29. The van der Waals surface area contributed by atoms with E-state index in [1.807, 2.05) is 6.07 Å². The first-order chi connectivity index (χ1) is 13.5. The van der Waals surface area contributed by atoms with Crippen LogP contribution in [0.1, 0.15) is 73.1 Å². The minimum Gasteiger partial charge on any atom is -0.349 e. The summed E-state index contributed by atoms with van der Waals surface area (Å²) in [6.07, 6.45) is 2.02. The van der Waals surface area contributed by atoms with Crippen LogP contribution < -0.4 is 5.32 Å². The normalized spacial score (nSPS) is 20.8. The molecule has 0 unspecified atom stereocenters. The van der Waals surface area contributed by atoms with Gasteiger partial charge in [-0.2, -0.15) is 0 Å². The second-order valence-corrected chi connectivity index (χ2v) is 7.83. The fourth-order valence-corrected chi connectivity index (χ4v) is 4.17. The van der Waals surface area contributed by atoms with Crippen molar-refractivity contribution >= 4 is 17.5 Å². The Hall–Kier alpha value is -2.01. The Bertz CT molecular complexity index is 789. The SMILES string of the molecule is CC[C@@H](NC(=O)c1ccc(Cl)cc1)[C@H]1CC[C@H](c2cccc(C(F)F)n2)CC1. The monoisotopic (exact) mass is 406 g/mol. The first-order valence-electron chi connectivity index (χ1n) is 9.79. The van der Waals surface area contributed by atoms with Gasteiger partial charge in [-0.25, -0.2) is 8.78 Å². The van der Waals surface area contributed by atoms with E-state index in [-0.39, 0.29) is 23.6 Å². The Morgan fingerprint density at radius 1 is 1.14 bits per heavy atom. The number of rotatable bonds is 6. The molecule has 1 aromatic carbocycles. The lowest BCUT2D eigenvalue weighted by Crippen LogP contribution is -2.41. The number of halogens is 3. The molecule has 3 nitrogen and oxygen atoms in total. The third kappa shape index (κ3) is 5.07. The predicted octanol–water partition coefficient (Wildman–Crippen LogP) is 6.16. The fourth-order valence-electron chi connectivity index (χ4n) is 4.04. The number of carbonyl (C=O) groups excluding carboxylic acids is 1. The number of nitrogens with zero attached hydrogens (tertiary/aromatic N) is 1. The highest BCUT2D eigenvalue weighted by molar-refractivity contribution is 6.30. The third-order valence-electron chi connectivity index (χ3n) is 5.64. The molecule has 1 aromatic heterocycles. The summed E-state index contributed by atoms with van der Waals surface area (Å²) in [6, 6.07) is 11.9. The molecule has 150 valence electrons. The van der Waals surface area contributed by atoms with Gasteiger partial charge in [-0.05, 0) is 74.4 Å². The predicted molar refractivity (Wildman–Crippen MR) is 107 cm³/mol. The van der Waals surface area contributed by atoms with Crippen LogP contribution in [-0.2, 0) is 0 Å². The number of hydrogen-bond donors (Lipinski definition) is 1. The van der Waals surface area contributed by atoms with Crippen LogP contribution in [0.4, 0.5) is 8.78 Å². The molecule has 1 N–H and O–H groups in total. The van der Waals surface area contributed by atoms with Gasteiger partial charge in [0.05, 0.1) is 0 Å². The Labute approximate surface area is 169 Å². The zero-order valence-electron chi connectivity index (χ0n) is 15.9. The minimum absolute atomic E-state index is 0.0862. The molecule has 1 saturated carbocycles. The van der Waals surface area contributed by atoms with Crippen molar-refractivity contribution in [3.63, 3.8) is 0 Å². The summed E-state index contributed by atoms with van der Waals surface area (Å²) in [7, 11) is 0. The summed E-state index contributed by atoms with van der Waals surface area (Å²) in [5, 5.41) is 3.76. The summed E-state index contributed by atoms with van der Waals surface area (Å²) in [4.78, 5) is 16.7. The summed E-state index contributed by atoms with van der Waals surface area (Å²) in [5.41, 5.74) is 1.21. The van der Waals surface area contributed by atoms with Gasteiger partial charge in [-0.1, -0.05) is 24.6 Å². The van der Waals surface area contributed by atoms with Crippen molar-refractivity contribution in [2.45, 2.75) is 57.4 Å². The van der Waals surface area contributed by atoms with E-state index in [9.17, 15) is 13.6 Å². The molecule has 0 spiro atoms. The van der Waals surface area contributed by atoms with Gasteiger partial charge in [0.1, 0.15) is 5.69 Å². The average molecular weight is 407 g/mol. The van der Waals surface area contributed by atoms with E-state index in [1.54, 1.807) is 30.3 Å². The van der Waals surface area contributed by atoms with E-state index in [4.69, 9.17) is 11.6 Å². The summed E-state index contributed by atoms with van der Waals surface area (Å²) in [6.45, 7) is 2.08. The molecule has 0 saturated heterocycles. The second-order valence-electron chi connectivity index (χ2n) is 7.39. The van der Waals surface area contributed by atoms with Crippen LogP contribution >= 0.6 is 11.6 Å². The molecule has 1 fully saturated rings. The number of benzene rings is 1. The molecular weight excluding hydrogens is 382 g/mol. The average Bonchev–Trinajstić information content (AvgIpc) is 2.72. The smallest absolute Gasteiger partial charge is 0.280 e. The van der Waals surface area contributed by atoms with Crippen LogP contribution in [0.15, 0.2) is 42.5 Å². The fraction of sp³-hybridized carbons (Fsp3) is 0.455. The maximum atomic E-state index is 12.9. The van der Waals surface area contributed by atoms with Crippen LogP contribution in [0.25, 0.3) is 0 Å². The van der Waals surface area contributed by atoms with E-state index in [2.05, 4.69) is 17.2 Å². The van der Waals surface area contributed by atoms with Gasteiger partial charge in [0.2, 0.25) is 0 Å². The zero-order chi connectivity index (χ0) is 20.1. The quantitative estimate of drug-likeness (QED) is 0.624. The highest BCUT2D eigenvalue weighted by Crippen LogP contribution is 2.37. The van der Waals surface area contributed by atoms with E-state index in [0.717, 1.165) is 37.8 Å². The summed E-state index contributed by atoms with van der Waals surface area (Å²) >= 11 is 5.88. The molecule has 1 aliphatic rings. The molecule has 2 aromatic rings. The molecule has 6 heteroatoms. The van der Waals surface area contributed by atoms with Gasteiger partial charge in [0.15, 0.2) is 0 Å². The van der Waals surface area contributed by atoms with Gasteiger partial charge in [0.25, 0.3) is 12.3 Å². The van der Waals surface area contributed by atoms with E-state index < -0.39 is 6.43 Å². The standard InChI is InChI=1S/C22H25ClF2N2O/c1-2-18(27-22(28)16-10-12-17(23)13-11-16)14-6-8-15(9-7-14)19-4-3-5-20(26-19)21(24)25/h3-5,10-15,18,21H,2,6-9H2,1H3,(H,27,28)/t14-,15-,18-/m1/s1. The lowest BCUT2D eigenvalue weighted by Gasteiger charge is -2.34. The Kier molecular flexibility index (Phi) is 7.00. The number of alkyl halides is 2. The zero-order valence-corrected chi connectivity index (χ0v) is 16.6. The molecule has 3 rings (SSSR count). The number of amides is 1. The molecule has 28 heavy (non-hydrogen) atoms. The van der Waals surface area contributed by atoms with Crippen molar-refractivity contribution in [3.8, 4) is 0 Å². The summed E-state index contributed by atoms with van der Waals surface area (Å²) in [5.74, 6) is 0.507. The van der Waals surface area contributed by atoms with Crippen molar-refractivity contribution in [1.82, 2.24) is 10.3 Å². The molecule has 1 aliphatic carbocycles. The maximum Gasteiger partial charge on any atom is 0.280 e. The van der Waals surface area contributed by atoms with Crippen LogP contribution in [0.3, 0.4) is 0 Å². The molecular formula is C22H25ClF2N2O. The number of carbonyl (C=O) groups is 1. The minimum atomic E-state index is -2.54. The van der Waals surface area contributed by atoms with Gasteiger partial charge < -0.3 is 5.32 Å². The van der Waals surface area contributed by atoms with Gasteiger partial charge >= 0.3 is 0 Å². The molecule has 1 amide bonds. The van der Waals surface area contributed by atoms with Crippen LogP contribution in [-0.4, -0.2) is 16.9 Å². The van der Waals surface area contributed by atoms with Crippen molar-refractivity contribution in [2.75, 3.05) is 0 Å². The van der Waals surface area contributed by atoms with Crippen molar-refractivity contribution in [2.24, 2.45) is 5.92 Å².